The summed E-state index contributed by atoms with van der Waals surface area (Å²) in [7, 11) is 0. The third-order valence-corrected chi connectivity index (χ3v) is 2.41. The first-order valence-corrected chi connectivity index (χ1v) is 5.05. The predicted octanol–water partition coefficient (Wildman–Crippen LogP) is 1.69. The van der Waals surface area contributed by atoms with E-state index in [-0.39, 0.29) is 0 Å². The first kappa shape index (κ1) is 9.48. The molecule has 0 aromatic carbocycles. The molecular formula is C12H7N5. The summed E-state index contributed by atoms with van der Waals surface area (Å²) in [5.74, 6) is 0.651. The van der Waals surface area contributed by atoms with Crippen molar-refractivity contribution in [1.29, 1.82) is 5.26 Å². The zero-order valence-corrected chi connectivity index (χ0v) is 8.78. The molecule has 5 heteroatoms. The van der Waals surface area contributed by atoms with Crippen molar-refractivity contribution in [3.05, 3.63) is 48.4 Å². The summed E-state index contributed by atoms with van der Waals surface area (Å²) >= 11 is 0. The van der Waals surface area contributed by atoms with Crippen LogP contribution in [0.2, 0.25) is 0 Å². The zero-order valence-electron chi connectivity index (χ0n) is 8.78. The summed E-state index contributed by atoms with van der Waals surface area (Å²) in [5.41, 5.74) is 1.00. The molecule has 0 spiro atoms. The van der Waals surface area contributed by atoms with E-state index >= 15 is 0 Å². The molecule has 3 aromatic rings. The van der Waals surface area contributed by atoms with E-state index in [9.17, 15) is 0 Å². The fourth-order valence-corrected chi connectivity index (χ4v) is 1.67. The number of rotatable bonds is 1. The van der Waals surface area contributed by atoms with Crippen LogP contribution in [0.1, 0.15) is 5.69 Å². The molecule has 0 saturated carbocycles. The third-order valence-electron chi connectivity index (χ3n) is 2.41. The highest BCUT2D eigenvalue weighted by atomic mass is 15.3. The van der Waals surface area contributed by atoms with E-state index in [4.69, 9.17) is 5.26 Å². The Morgan fingerprint density at radius 1 is 1.06 bits per heavy atom. The monoisotopic (exact) mass is 221 g/mol. The van der Waals surface area contributed by atoms with Crippen LogP contribution in [0.3, 0.4) is 0 Å². The number of nitriles is 1. The molecule has 3 heterocycles. The normalized spacial score (nSPS) is 10.3. The number of hydrogen-bond acceptors (Lipinski definition) is 4. The maximum atomic E-state index is 9.02. The van der Waals surface area contributed by atoms with Crippen LogP contribution >= 0.6 is 0 Å². The number of pyridine rings is 2. The average Bonchev–Trinajstić information content (AvgIpc) is 2.78. The van der Waals surface area contributed by atoms with Gasteiger partial charge in [-0.1, -0.05) is 6.07 Å². The Bertz CT molecular complexity index is 709. The van der Waals surface area contributed by atoms with Gasteiger partial charge in [0.2, 0.25) is 0 Å². The smallest absolute Gasteiger partial charge is 0.172 e. The third kappa shape index (κ3) is 1.43. The molecule has 0 aliphatic heterocycles. The molecule has 0 unspecified atom stereocenters. The Hall–Kier alpha value is -2.74. The lowest BCUT2D eigenvalue weighted by Gasteiger charge is -1.99. The summed E-state index contributed by atoms with van der Waals surface area (Å²) in [4.78, 5) is 8.43. The molecule has 0 saturated heterocycles. The molecule has 3 rings (SSSR count). The van der Waals surface area contributed by atoms with Crippen LogP contribution < -0.4 is 0 Å². The first-order valence-electron chi connectivity index (χ1n) is 5.05. The van der Waals surface area contributed by atoms with Crippen molar-refractivity contribution in [2.45, 2.75) is 0 Å². The maximum absolute atomic E-state index is 9.02. The van der Waals surface area contributed by atoms with Crippen molar-refractivity contribution in [2.75, 3.05) is 0 Å². The van der Waals surface area contributed by atoms with Crippen LogP contribution in [0.25, 0.3) is 16.9 Å². The second kappa shape index (κ2) is 3.68. The highest BCUT2D eigenvalue weighted by molar-refractivity contribution is 5.81. The van der Waals surface area contributed by atoms with Crippen molar-refractivity contribution in [3.63, 3.8) is 0 Å². The summed E-state index contributed by atoms with van der Waals surface area (Å²) in [6.45, 7) is 0. The molecule has 0 N–H and O–H groups in total. The number of hydrogen-bond donors (Lipinski definition) is 0. The van der Waals surface area contributed by atoms with E-state index in [0.29, 0.717) is 17.2 Å². The van der Waals surface area contributed by atoms with Gasteiger partial charge in [-0.15, -0.1) is 0 Å². The lowest BCUT2D eigenvalue weighted by atomic mass is 10.3. The standard InChI is InChI=1S/C12H7N5/c13-8-10-9-4-3-7-15-12(9)17(16-10)11-5-1-2-6-14-11/h1-7H. The van der Waals surface area contributed by atoms with Crippen LogP contribution in [-0.2, 0) is 0 Å². The van der Waals surface area contributed by atoms with Gasteiger partial charge in [0.25, 0.3) is 0 Å². The van der Waals surface area contributed by atoms with Crippen LogP contribution in [0, 0.1) is 11.3 Å². The summed E-state index contributed by atoms with van der Waals surface area (Å²) in [6.07, 6.45) is 3.35. The Morgan fingerprint density at radius 3 is 2.71 bits per heavy atom. The van der Waals surface area contributed by atoms with Gasteiger partial charge in [0.1, 0.15) is 6.07 Å². The number of nitrogens with zero attached hydrogens (tertiary/aromatic N) is 5. The second-order valence-corrected chi connectivity index (χ2v) is 3.43. The van der Waals surface area contributed by atoms with Crippen LogP contribution in [0.5, 0.6) is 0 Å². The Kier molecular flexibility index (Phi) is 2.06. The SMILES string of the molecule is N#Cc1nn(-c2ccccn2)c2ncccc12. The van der Waals surface area contributed by atoms with Crippen molar-refractivity contribution in [1.82, 2.24) is 19.7 Å². The van der Waals surface area contributed by atoms with Gasteiger partial charge < -0.3 is 0 Å². The van der Waals surface area contributed by atoms with Gasteiger partial charge >= 0.3 is 0 Å². The molecule has 0 amide bonds. The van der Waals surface area contributed by atoms with Gasteiger partial charge in [-0.25, -0.2) is 9.97 Å². The van der Waals surface area contributed by atoms with E-state index in [1.165, 1.54) is 0 Å². The topological polar surface area (TPSA) is 67.4 Å². The fourth-order valence-electron chi connectivity index (χ4n) is 1.67. The van der Waals surface area contributed by atoms with E-state index < -0.39 is 0 Å². The number of fused-ring (bicyclic) bond motifs is 1. The molecular weight excluding hydrogens is 214 g/mol. The highest BCUT2D eigenvalue weighted by Crippen LogP contribution is 2.17. The molecule has 0 aliphatic rings. The first-order chi connectivity index (χ1) is 8.40. The largest absolute Gasteiger partial charge is 0.237 e. The number of aromatic nitrogens is 4. The van der Waals surface area contributed by atoms with Gasteiger partial charge in [-0.3, -0.25) is 0 Å². The second-order valence-electron chi connectivity index (χ2n) is 3.43. The van der Waals surface area contributed by atoms with Crippen molar-refractivity contribution in [3.8, 4) is 11.9 Å². The van der Waals surface area contributed by atoms with Gasteiger partial charge in [-0.05, 0) is 24.3 Å². The summed E-state index contributed by atoms with van der Waals surface area (Å²) in [5, 5.41) is 14.0. The Labute approximate surface area is 97.0 Å². The quantitative estimate of drug-likeness (QED) is 0.627. The molecule has 0 aliphatic carbocycles. The molecule has 17 heavy (non-hydrogen) atoms. The molecule has 0 fully saturated rings. The minimum atomic E-state index is 0.360. The maximum Gasteiger partial charge on any atom is 0.172 e. The van der Waals surface area contributed by atoms with Gasteiger partial charge in [0.15, 0.2) is 17.2 Å². The molecule has 0 atom stereocenters. The van der Waals surface area contributed by atoms with E-state index in [1.54, 1.807) is 23.1 Å². The lowest BCUT2D eigenvalue weighted by Crippen LogP contribution is -1.99. The van der Waals surface area contributed by atoms with E-state index in [2.05, 4.69) is 21.1 Å². The Morgan fingerprint density at radius 2 is 1.94 bits per heavy atom. The van der Waals surface area contributed by atoms with Crippen molar-refractivity contribution < 1.29 is 0 Å². The summed E-state index contributed by atoms with van der Waals surface area (Å²) < 4.78 is 1.58. The van der Waals surface area contributed by atoms with Gasteiger partial charge in [-0.2, -0.15) is 15.0 Å². The molecule has 0 bridgehead atoms. The molecule has 80 valence electrons. The van der Waals surface area contributed by atoms with Crippen molar-refractivity contribution >= 4 is 11.0 Å². The lowest BCUT2D eigenvalue weighted by molar-refractivity contribution is 0.856. The average molecular weight is 221 g/mol. The van der Waals surface area contributed by atoms with E-state index in [0.717, 1.165) is 5.39 Å². The minimum absolute atomic E-state index is 0.360. The Balaban J connectivity index is 2.35. The van der Waals surface area contributed by atoms with Crippen LogP contribution in [-0.4, -0.2) is 19.7 Å². The summed E-state index contributed by atoms with van der Waals surface area (Å²) in [6, 6.07) is 11.2. The molecule has 0 radical (unpaired) electrons. The zero-order chi connectivity index (χ0) is 11.7. The van der Waals surface area contributed by atoms with E-state index in [1.807, 2.05) is 24.3 Å². The molecule has 3 aromatic heterocycles. The van der Waals surface area contributed by atoms with Gasteiger partial charge in [0.05, 0.1) is 5.39 Å². The predicted molar refractivity (Wildman–Crippen MR) is 61.4 cm³/mol. The fraction of sp³-hybridized carbons (Fsp3) is 0. The van der Waals surface area contributed by atoms with Crippen LogP contribution in [0.15, 0.2) is 42.7 Å². The minimum Gasteiger partial charge on any atom is -0.237 e. The van der Waals surface area contributed by atoms with Crippen LogP contribution in [0.4, 0.5) is 0 Å². The highest BCUT2D eigenvalue weighted by Gasteiger charge is 2.12. The van der Waals surface area contributed by atoms with Gasteiger partial charge in [0, 0.05) is 12.4 Å². The molecule has 5 nitrogen and oxygen atoms in total. The van der Waals surface area contributed by atoms with Crippen molar-refractivity contribution in [2.24, 2.45) is 0 Å².